The summed E-state index contributed by atoms with van der Waals surface area (Å²) in [5.74, 6) is 1.89. The SMILES string of the molecule is CCOc1cc(C=NNc2nc(N)cs2)ccc1OCC=C(C)C. The van der Waals surface area contributed by atoms with Gasteiger partial charge in [0, 0.05) is 5.38 Å². The quantitative estimate of drug-likeness (QED) is 0.430. The van der Waals surface area contributed by atoms with E-state index in [-0.39, 0.29) is 0 Å². The van der Waals surface area contributed by atoms with Crippen molar-refractivity contribution in [2.24, 2.45) is 5.10 Å². The second-order valence-corrected chi connectivity index (χ2v) is 6.04. The van der Waals surface area contributed by atoms with Crippen LogP contribution < -0.4 is 20.6 Å². The highest BCUT2D eigenvalue weighted by Crippen LogP contribution is 2.28. The van der Waals surface area contributed by atoms with E-state index in [1.807, 2.05) is 45.0 Å². The average molecular weight is 346 g/mol. The highest BCUT2D eigenvalue weighted by atomic mass is 32.1. The predicted molar refractivity (Wildman–Crippen MR) is 100 cm³/mol. The van der Waals surface area contributed by atoms with Crippen LogP contribution in [0.25, 0.3) is 0 Å². The third kappa shape index (κ3) is 5.58. The topological polar surface area (TPSA) is 81.8 Å². The number of hydrogen-bond donors (Lipinski definition) is 2. The van der Waals surface area contributed by atoms with Gasteiger partial charge in [0.15, 0.2) is 11.5 Å². The van der Waals surface area contributed by atoms with Crippen molar-refractivity contribution < 1.29 is 9.47 Å². The number of allylic oxidation sites excluding steroid dienone is 1. The van der Waals surface area contributed by atoms with E-state index in [1.165, 1.54) is 16.9 Å². The van der Waals surface area contributed by atoms with Crippen molar-refractivity contribution in [1.82, 2.24) is 4.98 Å². The molecular weight excluding hydrogens is 324 g/mol. The van der Waals surface area contributed by atoms with Gasteiger partial charge >= 0.3 is 0 Å². The molecule has 0 fully saturated rings. The molecular formula is C17H22N4O2S. The van der Waals surface area contributed by atoms with E-state index in [9.17, 15) is 0 Å². The monoisotopic (exact) mass is 346 g/mol. The number of anilines is 2. The predicted octanol–water partition coefficient (Wildman–Crippen LogP) is 3.92. The molecule has 7 heteroatoms. The molecule has 2 rings (SSSR count). The Kier molecular flexibility index (Phi) is 6.62. The molecule has 0 spiro atoms. The Balaban J connectivity index is 2.05. The van der Waals surface area contributed by atoms with E-state index in [0.29, 0.717) is 35.7 Å². The molecule has 0 aliphatic heterocycles. The summed E-state index contributed by atoms with van der Waals surface area (Å²) < 4.78 is 11.4. The van der Waals surface area contributed by atoms with Crippen LogP contribution in [0.15, 0.2) is 40.3 Å². The zero-order chi connectivity index (χ0) is 17.4. The number of hydrogen-bond acceptors (Lipinski definition) is 7. The van der Waals surface area contributed by atoms with Crippen molar-refractivity contribution in [3.8, 4) is 11.5 Å². The van der Waals surface area contributed by atoms with E-state index >= 15 is 0 Å². The number of rotatable bonds is 8. The third-order valence-corrected chi connectivity index (χ3v) is 3.66. The minimum atomic E-state index is 0.481. The second-order valence-electron chi connectivity index (χ2n) is 5.18. The molecule has 24 heavy (non-hydrogen) atoms. The van der Waals surface area contributed by atoms with Gasteiger partial charge in [0.25, 0.3) is 0 Å². The number of aromatic nitrogens is 1. The molecule has 1 heterocycles. The van der Waals surface area contributed by atoms with Crippen molar-refractivity contribution >= 4 is 28.5 Å². The molecule has 0 bridgehead atoms. The van der Waals surface area contributed by atoms with Crippen LogP contribution in [-0.2, 0) is 0 Å². The number of nitrogens with two attached hydrogens (primary N) is 1. The zero-order valence-electron chi connectivity index (χ0n) is 14.1. The van der Waals surface area contributed by atoms with E-state index in [4.69, 9.17) is 15.2 Å². The molecule has 2 aromatic rings. The molecule has 0 aliphatic carbocycles. The van der Waals surface area contributed by atoms with Gasteiger partial charge in [-0.15, -0.1) is 11.3 Å². The van der Waals surface area contributed by atoms with Crippen LogP contribution in [0.2, 0.25) is 0 Å². The van der Waals surface area contributed by atoms with E-state index in [2.05, 4.69) is 15.5 Å². The molecule has 6 nitrogen and oxygen atoms in total. The number of thiazole rings is 1. The van der Waals surface area contributed by atoms with Gasteiger partial charge in [0.05, 0.1) is 12.8 Å². The van der Waals surface area contributed by atoms with Gasteiger partial charge in [-0.2, -0.15) is 5.10 Å². The van der Waals surface area contributed by atoms with Crippen molar-refractivity contribution in [2.75, 3.05) is 24.4 Å². The zero-order valence-corrected chi connectivity index (χ0v) is 14.9. The van der Waals surface area contributed by atoms with Gasteiger partial charge in [0.2, 0.25) is 5.13 Å². The molecule has 128 valence electrons. The number of nitrogens with zero attached hydrogens (tertiary/aromatic N) is 2. The number of hydrazone groups is 1. The molecule has 1 aromatic heterocycles. The summed E-state index contributed by atoms with van der Waals surface area (Å²) in [7, 11) is 0. The fourth-order valence-corrected chi connectivity index (χ4v) is 2.34. The lowest BCUT2D eigenvalue weighted by atomic mass is 10.2. The fraction of sp³-hybridized carbons (Fsp3) is 0.294. The summed E-state index contributed by atoms with van der Waals surface area (Å²) in [4.78, 5) is 4.07. The van der Waals surface area contributed by atoms with Crippen LogP contribution in [0.3, 0.4) is 0 Å². The number of ether oxygens (including phenoxy) is 2. The Bertz CT molecular complexity index is 721. The first-order valence-corrected chi connectivity index (χ1v) is 8.49. The maximum atomic E-state index is 5.75. The Morgan fingerprint density at radius 2 is 2.17 bits per heavy atom. The van der Waals surface area contributed by atoms with Crippen LogP contribution in [0.1, 0.15) is 26.3 Å². The van der Waals surface area contributed by atoms with Crippen LogP contribution in [0.5, 0.6) is 11.5 Å². The van der Waals surface area contributed by atoms with Crippen molar-refractivity contribution in [3.63, 3.8) is 0 Å². The summed E-state index contributed by atoms with van der Waals surface area (Å²) in [6, 6.07) is 5.69. The van der Waals surface area contributed by atoms with Gasteiger partial charge in [-0.25, -0.2) is 4.98 Å². The molecule has 0 saturated carbocycles. The largest absolute Gasteiger partial charge is 0.490 e. The van der Waals surface area contributed by atoms with Gasteiger partial charge in [-0.3, -0.25) is 5.43 Å². The van der Waals surface area contributed by atoms with Crippen LogP contribution in [0.4, 0.5) is 10.9 Å². The van der Waals surface area contributed by atoms with E-state index < -0.39 is 0 Å². The lowest BCUT2D eigenvalue weighted by Gasteiger charge is -2.11. The van der Waals surface area contributed by atoms with Crippen LogP contribution in [0, 0.1) is 0 Å². The second kappa shape index (κ2) is 8.93. The van der Waals surface area contributed by atoms with E-state index in [0.717, 1.165) is 5.56 Å². The molecule has 0 saturated heterocycles. The first-order valence-electron chi connectivity index (χ1n) is 7.61. The highest BCUT2D eigenvalue weighted by Gasteiger charge is 2.05. The highest BCUT2D eigenvalue weighted by molar-refractivity contribution is 7.14. The van der Waals surface area contributed by atoms with Crippen molar-refractivity contribution in [2.45, 2.75) is 20.8 Å². The number of nitrogens with one attached hydrogen (secondary N) is 1. The standard InChI is InChI=1S/C17H22N4O2S/c1-4-22-15-9-13(5-6-14(15)23-8-7-12(2)3)10-19-21-17-20-16(18)11-24-17/h5-7,9-11H,4,8,18H2,1-3H3,(H,20,21). The smallest absolute Gasteiger partial charge is 0.205 e. The molecule has 0 unspecified atom stereocenters. The molecule has 1 aromatic carbocycles. The summed E-state index contributed by atoms with van der Waals surface area (Å²) in [5.41, 5.74) is 10.5. The van der Waals surface area contributed by atoms with Crippen LogP contribution in [-0.4, -0.2) is 24.4 Å². The number of nitrogen functional groups attached to an aromatic ring is 1. The fourth-order valence-electron chi connectivity index (χ4n) is 1.79. The van der Waals surface area contributed by atoms with Gasteiger partial charge < -0.3 is 15.2 Å². The lowest BCUT2D eigenvalue weighted by Crippen LogP contribution is -2.00. The van der Waals surface area contributed by atoms with Gasteiger partial charge in [-0.1, -0.05) is 5.57 Å². The Labute approximate surface area is 146 Å². The first-order chi connectivity index (χ1) is 11.6. The van der Waals surface area contributed by atoms with Crippen molar-refractivity contribution in [3.05, 3.63) is 40.8 Å². The van der Waals surface area contributed by atoms with Crippen LogP contribution >= 0.6 is 11.3 Å². The molecule has 0 radical (unpaired) electrons. The Hall–Kier alpha value is -2.54. The summed E-state index contributed by atoms with van der Waals surface area (Å²) in [5, 5.41) is 6.56. The van der Waals surface area contributed by atoms with Crippen molar-refractivity contribution in [1.29, 1.82) is 0 Å². The normalized spacial score (nSPS) is 10.6. The van der Waals surface area contributed by atoms with Gasteiger partial charge in [0.1, 0.15) is 12.4 Å². The lowest BCUT2D eigenvalue weighted by molar-refractivity contribution is 0.296. The average Bonchev–Trinajstić information content (AvgIpc) is 2.95. The third-order valence-electron chi connectivity index (χ3n) is 2.89. The summed E-state index contributed by atoms with van der Waals surface area (Å²) in [6.07, 6.45) is 3.72. The maximum absolute atomic E-state index is 5.75. The molecule has 0 amide bonds. The molecule has 0 atom stereocenters. The van der Waals surface area contributed by atoms with Gasteiger partial charge in [-0.05, 0) is 50.6 Å². The summed E-state index contributed by atoms with van der Waals surface area (Å²) >= 11 is 1.40. The van der Waals surface area contributed by atoms with E-state index in [1.54, 1.807) is 11.6 Å². The maximum Gasteiger partial charge on any atom is 0.205 e. The molecule has 3 N–H and O–H groups in total. The minimum Gasteiger partial charge on any atom is -0.490 e. The Morgan fingerprint density at radius 3 is 2.83 bits per heavy atom. The first kappa shape index (κ1) is 17.8. The molecule has 0 aliphatic rings. The Morgan fingerprint density at radius 1 is 1.33 bits per heavy atom. The number of benzene rings is 1. The minimum absolute atomic E-state index is 0.481. The summed E-state index contributed by atoms with van der Waals surface area (Å²) in [6.45, 7) is 7.10.